The molecule has 31 heavy (non-hydrogen) atoms. The molecule has 1 aromatic heterocycles. The van der Waals surface area contributed by atoms with Gasteiger partial charge in [0.1, 0.15) is 5.82 Å². The van der Waals surface area contributed by atoms with Crippen molar-refractivity contribution >= 4 is 39.5 Å². The molecule has 0 N–H and O–H groups in total. The van der Waals surface area contributed by atoms with Crippen LogP contribution in [0.15, 0.2) is 64.4 Å². The van der Waals surface area contributed by atoms with Gasteiger partial charge in [0.2, 0.25) is 0 Å². The Balaban J connectivity index is 1.70. The summed E-state index contributed by atoms with van der Waals surface area (Å²) in [6.45, 7) is 2.94. The number of imidazole rings is 1. The molecular formula is C23H19BrFN3O2S. The maximum absolute atomic E-state index is 13.6. The van der Waals surface area contributed by atoms with Crippen molar-refractivity contribution in [3.05, 3.63) is 76.3 Å². The Labute approximate surface area is 192 Å². The molecule has 0 fully saturated rings. The molecule has 0 bridgehead atoms. The standard InChI is InChI=1S/C23H19BrFN3O2S/c1-2-30-23(29)28-13-17(24)19(16-5-3-4-6-18(16)28)21-20(14-7-9-15(25)10-8-14)26-22-27(21)11-12-31-22/h3-10,13,19H,2,11-12H2,1H3. The summed E-state index contributed by atoms with van der Waals surface area (Å²) in [4.78, 5) is 19.0. The van der Waals surface area contributed by atoms with Gasteiger partial charge in [-0.2, -0.15) is 0 Å². The van der Waals surface area contributed by atoms with Crippen LogP contribution in [-0.4, -0.2) is 28.0 Å². The lowest BCUT2D eigenvalue weighted by Gasteiger charge is -2.31. The molecule has 0 radical (unpaired) electrons. The maximum atomic E-state index is 13.6. The van der Waals surface area contributed by atoms with Crippen LogP contribution in [0.2, 0.25) is 0 Å². The second-order valence-electron chi connectivity index (χ2n) is 7.21. The van der Waals surface area contributed by atoms with Crippen LogP contribution in [-0.2, 0) is 11.3 Å². The number of carbonyl (C=O) groups excluding carboxylic acids is 1. The van der Waals surface area contributed by atoms with E-state index >= 15 is 0 Å². The fraction of sp³-hybridized carbons (Fsp3) is 0.217. The van der Waals surface area contributed by atoms with Crippen LogP contribution in [0.1, 0.15) is 24.1 Å². The Morgan fingerprint density at radius 3 is 2.81 bits per heavy atom. The number of rotatable bonds is 3. The van der Waals surface area contributed by atoms with E-state index in [2.05, 4.69) is 20.5 Å². The lowest BCUT2D eigenvalue weighted by Crippen LogP contribution is -2.31. The number of ether oxygens (including phenoxy) is 1. The van der Waals surface area contributed by atoms with Crippen molar-refractivity contribution in [3.63, 3.8) is 0 Å². The van der Waals surface area contributed by atoms with Crippen molar-refractivity contribution < 1.29 is 13.9 Å². The van der Waals surface area contributed by atoms with E-state index in [0.29, 0.717) is 6.61 Å². The third-order valence-corrected chi connectivity index (χ3v) is 7.03. The molecule has 2 aliphatic rings. The van der Waals surface area contributed by atoms with Crippen LogP contribution < -0.4 is 4.90 Å². The van der Waals surface area contributed by atoms with E-state index in [1.807, 2.05) is 24.3 Å². The number of para-hydroxylation sites is 1. The number of hydrogen-bond donors (Lipinski definition) is 0. The molecule has 158 valence electrons. The zero-order chi connectivity index (χ0) is 21.5. The second-order valence-corrected chi connectivity index (χ2v) is 9.19. The molecule has 8 heteroatoms. The molecule has 2 aliphatic heterocycles. The Kier molecular flexibility index (Phi) is 5.35. The number of benzene rings is 2. The number of fused-ring (bicyclic) bond motifs is 2. The SMILES string of the molecule is CCOC(=O)N1C=C(Br)C(c2c(-c3ccc(F)cc3)nc3n2CCS3)c2ccccc21. The van der Waals surface area contributed by atoms with Gasteiger partial charge in [-0.3, -0.25) is 4.90 Å². The third-order valence-electron chi connectivity index (χ3n) is 5.41. The van der Waals surface area contributed by atoms with Crippen LogP contribution in [0.4, 0.5) is 14.9 Å². The van der Waals surface area contributed by atoms with Crippen molar-refractivity contribution in [3.8, 4) is 11.3 Å². The highest BCUT2D eigenvalue weighted by Gasteiger charge is 2.36. The second kappa shape index (κ2) is 8.16. The summed E-state index contributed by atoms with van der Waals surface area (Å²) in [5.74, 6) is 0.534. The van der Waals surface area contributed by atoms with Gasteiger partial charge in [0.25, 0.3) is 0 Å². The minimum absolute atomic E-state index is 0.151. The Bertz CT molecular complexity index is 1190. The molecule has 3 aromatic rings. The zero-order valence-electron chi connectivity index (χ0n) is 16.7. The van der Waals surface area contributed by atoms with E-state index < -0.39 is 6.09 Å². The summed E-state index contributed by atoms with van der Waals surface area (Å²) in [6.07, 6.45) is 1.36. The molecule has 0 spiro atoms. The first-order valence-electron chi connectivity index (χ1n) is 9.99. The minimum Gasteiger partial charge on any atom is -0.449 e. The predicted octanol–water partition coefficient (Wildman–Crippen LogP) is 6.14. The number of amides is 1. The zero-order valence-corrected chi connectivity index (χ0v) is 19.1. The first-order chi connectivity index (χ1) is 15.1. The topological polar surface area (TPSA) is 47.4 Å². The number of nitrogens with zero attached hydrogens (tertiary/aromatic N) is 3. The molecule has 0 aliphatic carbocycles. The van der Waals surface area contributed by atoms with Gasteiger partial charge >= 0.3 is 6.09 Å². The summed E-state index contributed by atoms with van der Waals surface area (Å²) in [5.41, 5.74) is 4.49. The lowest BCUT2D eigenvalue weighted by atomic mass is 9.88. The van der Waals surface area contributed by atoms with Crippen LogP contribution in [0.25, 0.3) is 11.3 Å². The highest BCUT2D eigenvalue weighted by Crippen LogP contribution is 2.48. The Hall–Kier alpha value is -2.58. The van der Waals surface area contributed by atoms with Gasteiger partial charge in [0.15, 0.2) is 5.16 Å². The predicted molar refractivity (Wildman–Crippen MR) is 123 cm³/mol. The van der Waals surface area contributed by atoms with Gasteiger partial charge in [0, 0.05) is 28.5 Å². The fourth-order valence-electron chi connectivity index (χ4n) is 4.10. The normalized spacial score (nSPS) is 17.2. The third kappa shape index (κ3) is 3.47. The average Bonchev–Trinajstić information content (AvgIpc) is 3.36. The molecule has 1 unspecified atom stereocenters. The van der Waals surface area contributed by atoms with Crippen LogP contribution >= 0.6 is 27.7 Å². The molecule has 3 heterocycles. The lowest BCUT2D eigenvalue weighted by molar-refractivity contribution is 0.162. The van der Waals surface area contributed by atoms with Gasteiger partial charge in [-0.15, -0.1) is 0 Å². The van der Waals surface area contributed by atoms with Crippen molar-refractivity contribution in [1.82, 2.24) is 9.55 Å². The van der Waals surface area contributed by atoms with Crippen molar-refractivity contribution in [1.29, 1.82) is 0 Å². The van der Waals surface area contributed by atoms with Gasteiger partial charge in [-0.05, 0) is 42.8 Å². The van der Waals surface area contributed by atoms with Crippen molar-refractivity contribution in [2.75, 3.05) is 17.3 Å². The number of hydrogen-bond acceptors (Lipinski definition) is 4. The molecule has 1 atom stereocenters. The monoisotopic (exact) mass is 499 g/mol. The summed E-state index contributed by atoms with van der Waals surface area (Å²) in [5, 5.41) is 0.958. The molecule has 0 saturated carbocycles. The highest BCUT2D eigenvalue weighted by molar-refractivity contribution is 9.11. The van der Waals surface area contributed by atoms with E-state index in [9.17, 15) is 9.18 Å². The van der Waals surface area contributed by atoms with Crippen molar-refractivity contribution in [2.24, 2.45) is 0 Å². The first kappa shape index (κ1) is 20.3. The van der Waals surface area contributed by atoms with E-state index in [0.717, 1.165) is 50.1 Å². The van der Waals surface area contributed by atoms with E-state index in [1.165, 1.54) is 17.0 Å². The fourth-order valence-corrected chi connectivity index (χ4v) is 5.73. The highest BCUT2D eigenvalue weighted by atomic mass is 79.9. The number of aromatic nitrogens is 2. The number of thioether (sulfide) groups is 1. The number of carbonyl (C=O) groups is 1. The molecular weight excluding hydrogens is 481 g/mol. The average molecular weight is 500 g/mol. The number of halogens is 2. The summed E-state index contributed by atoms with van der Waals surface area (Å²) in [6, 6.07) is 14.3. The van der Waals surface area contributed by atoms with Crippen LogP contribution in [0, 0.1) is 5.82 Å². The molecule has 0 saturated heterocycles. The molecule has 2 aromatic carbocycles. The first-order valence-corrected chi connectivity index (χ1v) is 11.8. The summed E-state index contributed by atoms with van der Waals surface area (Å²) >= 11 is 5.45. The molecule has 5 rings (SSSR count). The molecule has 5 nitrogen and oxygen atoms in total. The van der Waals surface area contributed by atoms with Crippen LogP contribution in [0.3, 0.4) is 0 Å². The summed E-state index contributed by atoms with van der Waals surface area (Å²) < 4.78 is 21.9. The van der Waals surface area contributed by atoms with Crippen LogP contribution in [0.5, 0.6) is 0 Å². The van der Waals surface area contributed by atoms with E-state index in [4.69, 9.17) is 9.72 Å². The summed E-state index contributed by atoms with van der Waals surface area (Å²) in [7, 11) is 0. The Morgan fingerprint density at radius 1 is 1.26 bits per heavy atom. The van der Waals surface area contributed by atoms with Gasteiger partial charge in [-0.1, -0.05) is 45.9 Å². The van der Waals surface area contributed by atoms with Gasteiger partial charge in [0.05, 0.1) is 29.6 Å². The van der Waals surface area contributed by atoms with Gasteiger partial charge in [-0.25, -0.2) is 14.2 Å². The largest absolute Gasteiger partial charge is 0.449 e. The quantitative estimate of drug-likeness (QED) is 0.434. The van der Waals surface area contributed by atoms with Crippen molar-refractivity contribution in [2.45, 2.75) is 24.5 Å². The minimum atomic E-state index is -0.418. The Morgan fingerprint density at radius 2 is 2.03 bits per heavy atom. The van der Waals surface area contributed by atoms with E-state index in [-0.39, 0.29) is 11.7 Å². The molecule has 1 amide bonds. The van der Waals surface area contributed by atoms with Gasteiger partial charge < -0.3 is 9.30 Å². The number of allylic oxidation sites excluding steroid dienone is 1. The smallest absolute Gasteiger partial charge is 0.418 e. The van der Waals surface area contributed by atoms with E-state index in [1.54, 1.807) is 37.0 Å². The maximum Gasteiger partial charge on any atom is 0.418 e. The number of anilines is 1.